The van der Waals surface area contributed by atoms with Gasteiger partial charge in [0.25, 0.3) is 0 Å². The van der Waals surface area contributed by atoms with Crippen LogP contribution in [0.15, 0.2) is 0 Å². The summed E-state index contributed by atoms with van der Waals surface area (Å²) in [6.45, 7) is 7.34. The second-order valence-corrected chi connectivity index (χ2v) is 13.7. The number of hydrogen-bond donors (Lipinski definition) is 3. The number of unbranched alkanes of at least 4 members (excludes halogenated alkanes) is 29. The van der Waals surface area contributed by atoms with Gasteiger partial charge in [0.2, 0.25) is 0 Å². The number of nitrogens with zero attached hydrogens (tertiary/aromatic N) is 1. The first-order valence-electron chi connectivity index (χ1n) is 20.3. The summed E-state index contributed by atoms with van der Waals surface area (Å²) in [4.78, 5) is 12.5. The molecule has 0 saturated carbocycles. The third kappa shape index (κ3) is 45.5. The number of rotatable bonds is 37. The van der Waals surface area contributed by atoms with Gasteiger partial charge >= 0.3 is 5.97 Å². The summed E-state index contributed by atoms with van der Waals surface area (Å²) < 4.78 is 0. The molecule has 0 aromatic carbocycles. The Bertz CT molecular complexity index is 524. The van der Waals surface area contributed by atoms with E-state index in [1.807, 2.05) is 0 Å². The highest BCUT2D eigenvalue weighted by atomic mass is 16.4. The van der Waals surface area contributed by atoms with E-state index in [1.165, 1.54) is 186 Å². The maximum absolute atomic E-state index is 10.4. The van der Waals surface area contributed by atoms with E-state index in [4.69, 9.17) is 15.3 Å². The Hall–Kier alpha value is -0.650. The van der Waals surface area contributed by atoms with Crippen molar-refractivity contribution < 1.29 is 20.1 Å². The van der Waals surface area contributed by atoms with Crippen LogP contribution in [0, 0.1) is 0 Å². The van der Waals surface area contributed by atoms with Crippen LogP contribution in [0.5, 0.6) is 0 Å². The molecular weight excluding hydrogens is 558 g/mol. The molecule has 0 aromatic heterocycles. The summed E-state index contributed by atoms with van der Waals surface area (Å²) in [7, 11) is 0. The molecule has 0 bridgehead atoms. The molecule has 0 spiro atoms. The van der Waals surface area contributed by atoms with Gasteiger partial charge in [-0.05, 0) is 19.4 Å². The van der Waals surface area contributed by atoms with Crippen LogP contribution in [0.25, 0.3) is 0 Å². The largest absolute Gasteiger partial charge is 0.481 e. The Morgan fingerprint density at radius 3 is 0.867 bits per heavy atom. The smallest absolute Gasteiger partial charge is 0.303 e. The first-order valence-corrected chi connectivity index (χ1v) is 20.3. The van der Waals surface area contributed by atoms with Gasteiger partial charge in [0.15, 0.2) is 0 Å². The zero-order valence-corrected chi connectivity index (χ0v) is 30.9. The Morgan fingerprint density at radius 1 is 0.378 bits per heavy atom. The SMILES string of the molecule is CCCCCCCCCCCCCCCCCCCCCC(=O)O.CCCCCCCCCCCCCCN(CCO)CCO. The average molecular weight is 642 g/mol. The first kappa shape index (κ1) is 46.5. The first-order chi connectivity index (χ1) is 22.1. The van der Waals surface area contributed by atoms with Gasteiger partial charge in [0.1, 0.15) is 0 Å². The van der Waals surface area contributed by atoms with Crippen LogP contribution >= 0.6 is 0 Å². The predicted molar refractivity (Wildman–Crippen MR) is 197 cm³/mol. The van der Waals surface area contributed by atoms with Crippen molar-refractivity contribution in [2.75, 3.05) is 32.8 Å². The van der Waals surface area contributed by atoms with Gasteiger partial charge in [0.05, 0.1) is 13.2 Å². The Labute approximate surface area is 282 Å². The fourth-order valence-electron chi connectivity index (χ4n) is 6.15. The van der Waals surface area contributed by atoms with Crippen LogP contribution < -0.4 is 0 Å². The van der Waals surface area contributed by atoms with Crippen LogP contribution in [0.4, 0.5) is 0 Å². The summed E-state index contributed by atoms with van der Waals surface area (Å²) in [5.74, 6) is -0.651. The highest BCUT2D eigenvalue weighted by Gasteiger charge is 2.03. The van der Waals surface area contributed by atoms with E-state index in [0.29, 0.717) is 19.5 Å². The maximum Gasteiger partial charge on any atom is 0.303 e. The molecule has 0 aliphatic rings. The lowest BCUT2D eigenvalue weighted by Crippen LogP contribution is -2.30. The molecule has 0 atom stereocenters. The van der Waals surface area contributed by atoms with Crippen molar-refractivity contribution in [2.24, 2.45) is 0 Å². The molecule has 0 aliphatic heterocycles. The summed E-state index contributed by atoms with van der Waals surface area (Å²) in [6.07, 6.45) is 42.5. The lowest BCUT2D eigenvalue weighted by molar-refractivity contribution is -0.137. The van der Waals surface area contributed by atoms with Gasteiger partial charge in [0, 0.05) is 19.5 Å². The van der Waals surface area contributed by atoms with Gasteiger partial charge in [-0.25, -0.2) is 0 Å². The van der Waals surface area contributed by atoms with Gasteiger partial charge < -0.3 is 15.3 Å². The van der Waals surface area contributed by atoms with Gasteiger partial charge in [-0.2, -0.15) is 0 Å². The van der Waals surface area contributed by atoms with E-state index in [-0.39, 0.29) is 13.2 Å². The molecule has 0 aliphatic carbocycles. The molecule has 0 amide bonds. The number of carboxylic acid groups (broad SMARTS) is 1. The normalized spacial score (nSPS) is 11.2. The highest BCUT2D eigenvalue weighted by Crippen LogP contribution is 2.15. The van der Waals surface area contributed by atoms with E-state index >= 15 is 0 Å². The summed E-state index contributed by atoms with van der Waals surface area (Å²) >= 11 is 0. The molecule has 3 N–H and O–H groups in total. The summed E-state index contributed by atoms with van der Waals surface area (Å²) in [5.41, 5.74) is 0. The minimum atomic E-state index is -0.651. The Balaban J connectivity index is 0. The standard InChI is InChI=1S/C22H44O2.C18H39NO2/c1-2-3-4-5-6-7-8-9-10-11-12-13-14-15-16-17-18-19-20-21-22(23)24;1-2-3-4-5-6-7-8-9-10-11-12-13-14-19(15-17-20)16-18-21/h2-21H2,1H3,(H,23,24);20-21H,2-18H2,1H3. The minimum Gasteiger partial charge on any atom is -0.481 e. The molecule has 0 unspecified atom stereocenters. The predicted octanol–water partition coefficient (Wildman–Crippen LogP) is 11.9. The lowest BCUT2D eigenvalue weighted by Gasteiger charge is -2.19. The molecule has 0 heterocycles. The van der Waals surface area contributed by atoms with E-state index < -0.39 is 5.97 Å². The number of aliphatic hydroxyl groups is 2. The van der Waals surface area contributed by atoms with Gasteiger partial charge in [-0.1, -0.05) is 200 Å². The molecule has 0 radical (unpaired) electrons. The Kier molecular flexibility index (Phi) is 44.8. The quantitative estimate of drug-likeness (QED) is 0.0588. The number of aliphatic carboxylic acids is 1. The van der Waals surface area contributed by atoms with Crippen molar-refractivity contribution in [3.8, 4) is 0 Å². The summed E-state index contributed by atoms with van der Waals surface area (Å²) in [6, 6.07) is 0. The topological polar surface area (TPSA) is 81.0 Å². The van der Waals surface area contributed by atoms with Crippen molar-refractivity contribution in [1.82, 2.24) is 4.90 Å². The van der Waals surface area contributed by atoms with Crippen molar-refractivity contribution >= 4 is 5.97 Å². The minimum absolute atomic E-state index is 0.193. The molecule has 5 nitrogen and oxygen atoms in total. The van der Waals surface area contributed by atoms with Gasteiger partial charge in [-0.15, -0.1) is 0 Å². The fourth-order valence-corrected chi connectivity index (χ4v) is 6.15. The number of aliphatic hydroxyl groups excluding tert-OH is 2. The summed E-state index contributed by atoms with van der Waals surface area (Å²) in [5, 5.41) is 26.4. The molecule has 0 saturated heterocycles. The van der Waals surface area contributed by atoms with E-state index in [2.05, 4.69) is 18.7 Å². The molecule has 45 heavy (non-hydrogen) atoms. The lowest BCUT2D eigenvalue weighted by atomic mass is 10.0. The zero-order chi connectivity index (χ0) is 33.3. The van der Waals surface area contributed by atoms with Crippen molar-refractivity contribution in [3.63, 3.8) is 0 Å². The van der Waals surface area contributed by atoms with Crippen LogP contribution in [0.2, 0.25) is 0 Å². The number of hydrogen-bond acceptors (Lipinski definition) is 4. The van der Waals surface area contributed by atoms with E-state index in [0.717, 1.165) is 19.4 Å². The van der Waals surface area contributed by atoms with Crippen molar-refractivity contribution in [2.45, 2.75) is 219 Å². The second kappa shape index (κ2) is 43.4. The second-order valence-electron chi connectivity index (χ2n) is 13.7. The molecule has 5 heteroatoms. The van der Waals surface area contributed by atoms with E-state index in [9.17, 15) is 4.79 Å². The fraction of sp³-hybridized carbons (Fsp3) is 0.975. The third-order valence-corrected chi connectivity index (χ3v) is 9.15. The van der Waals surface area contributed by atoms with Gasteiger partial charge in [-0.3, -0.25) is 9.69 Å². The van der Waals surface area contributed by atoms with Crippen LogP contribution in [-0.4, -0.2) is 59.0 Å². The number of carbonyl (C=O) groups is 1. The molecular formula is C40H83NO4. The maximum atomic E-state index is 10.4. The molecule has 272 valence electrons. The average Bonchev–Trinajstić information content (AvgIpc) is 3.03. The monoisotopic (exact) mass is 642 g/mol. The zero-order valence-electron chi connectivity index (χ0n) is 30.9. The van der Waals surface area contributed by atoms with E-state index in [1.54, 1.807) is 0 Å². The van der Waals surface area contributed by atoms with Crippen molar-refractivity contribution in [1.29, 1.82) is 0 Å². The molecule has 0 aromatic rings. The van der Waals surface area contributed by atoms with Crippen molar-refractivity contribution in [3.05, 3.63) is 0 Å². The number of carboxylic acids is 1. The van der Waals surface area contributed by atoms with Crippen LogP contribution in [0.3, 0.4) is 0 Å². The van der Waals surface area contributed by atoms with Crippen LogP contribution in [0.1, 0.15) is 219 Å². The Morgan fingerprint density at radius 2 is 0.622 bits per heavy atom. The molecule has 0 fully saturated rings. The van der Waals surface area contributed by atoms with Crippen LogP contribution in [-0.2, 0) is 4.79 Å². The third-order valence-electron chi connectivity index (χ3n) is 9.15. The molecule has 0 rings (SSSR count). The highest BCUT2D eigenvalue weighted by molar-refractivity contribution is 5.66.